The van der Waals surface area contributed by atoms with E-state index in [0.717, 1.165) is 38.2 Å². The molecule has 0 bridgehead atoms. The summed E-state index contributed by atoms with van der Waals surface area (Å²) in [5.74, 6) is 0.407. The third kappa shape index (κ3) is 4.26. The molecule has 1 nitrogen and oxygen atoms in total. The minimum absolute atomic E-state index is 0.136. The molecule has 0 aliphatic rings. The highest BCUT2D eigenvalue weighted by Gasteiger charge is 2.26. The average Bonchev–Trinajstić information content (AvgIpc) is 3.64. The summed E-state index contributed by atoms with van der Waals surface area (Å²) < 4.78 is 80.9. The van der Waals surface area contributed by atoms with Gasteiger partial charge in [-0.25, -0.2) is 0 Å². The molecular formula is C48H30O. The standard InChI is InChI=1S/C48H30O/c1-3-15-31(16-4-1)35-25-13-28-43-46(48(49-47(35)43)42-27-14-26-36-34-20-8-7-17-32(34)29-30-37(36)42)45-40-23-11-9-21-38(40)44(33-18-5-2-6-19-33)39-22-10-12-24-41(39)45/h1-30H/i9D,10D,11D,12D,21D,22D,23D,24D. The fourth-order valence-electron chi connectivity index (χ4n) is 7.41. The van der Waals surface area contributed by atoms with Gasteiger partial charge in [0.1, 0.15) is 11.3 Å². The van der Waals surface area contributed by atoms with Crippen molar-refractivity contribution in [1.82, 2.24) is 0 Å². The first-order chi connectivity index (χ1) is 27.7. The van der Waals surface area contributed by atoms with Gasteiger partial charge in [-0.1, -0.05) is 182 Å². The highest BCUT2D eigenvalue weighted by Crippen LogP contribution is 2.51. The molecule has 1 aromatic heterocycles. The normalized spacial score (nSPS) is 14.0. The number of hydrogen-bond acceptors (Lipinski definition) is 1. The van der Waals surface area contributed by atoms with Crippen LogP contribution in [0.3, 0.4) is 0 Å². The van der Waals surface area contributed by atoms with Crippen molar-refractivity contribution in [2.45, 2.75) is 0 Å². The van der Waals surface area contributed by atoms with Crippen molar-refractivity contribution in [3.8, 4) is 44.7 Å². The highest BCUT2D eigenvalue weighted by atomic mass is 16.3. The lowest BCUT2D eigenvalue weighted by Gasteiger charge is -2.18. The van der Waals surface area contributed by atoms with Crippen LogP contribution in [0.15, 0.2) is 186 Å². The van der Waals surface area contributed by atoms with Gasteiger partial charge in [-0.3, -0.25) is 0 Å². The molecule has 49 heavy (non-hydrogen) atoms. The van der Waals surface area contributed by atoms with E-state index in [1.807, 2.05) is 78.9 Å². The van der Waals surface area contributed by atoms with Crippen LogP contribution in [0.5, 0.6) is 0 Å². The van der Waals surface area contributed by atoms with Crippen LogP contribution in [0, 0.1) is 0 Å². The van der Waals surface area contributed by atoms with Crippen molar-refractivity contribution in [3.05, 3.63) is 182 Å². The summed E-state index contributed by atoms with van der Waals surface area (Å²) in [6, 6.07) is 39.8. The Labute approximate surface area is 295 Å². The molecule has 10 rings (SSSR count). The van der Waals surface area contributed by atoms with E-state index in [1.165, 1.54) is 0 Å². The Morgan fingerprint density at radius 3 is 1.59 bits per heavy atom. The number of benzene rings is 9. The fourth-order valence-corrected chi connectivity index (χ4v) is 7.41. The van der Waals surface area contributed by atoms with Crippen LogP contribution in [0.25, 0.3) is 98.8 Å². The van der Waals surface area contributed by atoms with Crippen LogP contribution in [0.1, 0.15) is 11.0 Å². The number of furan rings is 1. The molecule has 0 spiro atoms. The minimum atomic E-state index is -0.455. The average molecular weight is 631 g/mol. The predicted octanol–water partition coefficient (Wildman–Crippen LogP) is 13.7. The summed E-state index contributed by atoms with van der Waals surface area (Å²) in [4.78, 5) is 0. The summed E-state index contributed by atoms with van der Waals surface area (Å²) in [5, 5.41) is 5.19. The van der Waals surface area contributed by atoms with Gasteiger partial charge in [0.2, 0.25) is 0 Å². The zero-order valence-corrected chi connectivity index (χ0v) is 26.1. The third-order valence-corrected chi connectivity index (χ3v) is 9.52. The number of fused-ring (bicyclic) bond motifs is 6. The van der Waals surface area contributed by atoms with Crippen molar-refractivity contribution < 1.29 is 15.4 Å². The van der Waals surface area contributed by atoms with Gasteiger partial charge in [0.05, 0.1) is 11.0 Å². The molecule has 1 heterocycles. The Bertz CT molecular complexity index is 3240. The van der Waals surface area contributed by atoms with Gasteiger partial charge < -0.3 is 4.42 Å². The molecule has 0 N–H and O–H groups in total. The van der Waals surface area contributed by atoms with Gasteiger partial charge in [0, 0.05) is 27.6 Å². The smallest absolute Gasteiger partial charge is 0.143 e. The SMILES string of the molecule is [2H]c1c([2H])c([2H])c2c(-c3c(-c4cccc5c4ccc4ccccc45)oc4c(-c5ccccc5)cccc34)c3c([2H])c([2H])c([2H])c([2H])c3c(-c3ccccc3)c2c1[2H]. The van der Waals surface area contributed by atoms with Crippen LogP contribution in [-0.4, -0.2) is 0 Å². The molecule has 0 radical (unpaired) electrons. The lowest BCUT2D eigenvalue weighted by atomic mass is 9.84. The van der Waals surface area contributed by atoms with Gasteiger partial charge in [-0.15, -0.1) is 0 Å². The Morgan fingerprint density at radius 2 is 0.898 bits per heavy atom. The van der Waals surface area contributed by atoms with Crippen LogP contribution in [0.2, 0.25) is 0 Å². The van der Waals surface area contributed by atoms with E-state index in [1.54, 1.807) is 24.3 Å². The fraction of sp³-hybridized carbons (Fsp3) is 0. The Kier molecular flexibility index (Phi) is 4.69. The molecule has 0 aliphatic carbocycles. The van der Waals surface area contributed by atoms with Crippen LogP contribution in [-0.2, 0) is 0 Å². The monoisotopic (exact) mass is 630 g/mol. The molecule has 0 amide bonds. The van der Waals surface area contributed by atoms with Crippen LogP contribution in [0.4, 0.5) is 0 Å². The van der Waals surface area contributed by atoms with Crippen LogP contribution < -0.4 is 0 Å². The lowest BCUT2D eigenvalue weighted by Crippen LogP contribution is -1.92. The summed E-state index contributed by atoms with van der Waals surface area (Å²) >= 11 is 0. The predicted molar refractivity (Wildman–Crippen MR) is 208 cm³/mol. The van der Waals surface area contributed by atoms with E-state index in [9.17, 15) is 5.48 Å². The molecule has 9 aromatic carbocycles. The molecular weight excluding hydrogens is 593 g/mol. The summed E-state index contributed by atoms with van der Waals surface area (Å²) in [5.41, 5.74) is 4.52. The van der Waals surface area contributed by atoms with E-state index in [0.29, 0.717) is 33.4 Å². The van der Waals surface area contributed by atoms with E-state index in [2.05, 4.69) is 30.3 Å². The van der Waals surface area contributed by atoms with E-state index in [-0.39, 0.29) is 51.3 Å². The Morgan fingerprint density at radius 1 is 0.347 bits per heavy atom. The highest BCUT2D eigenvalue weighted by molar-refractivity contribution is 6.26. The molecule has 0 atom stereocenters. The van der Waals surface area contributed by atoms with E-state index in [4.69, 9.17) is 9.90 Å². The maximum absolute atomic E-state index is 9.59. The van der Waals surface area contributed by atoms with Crippen LogP contribution >= 0.6 is 0 Å². The van der Waals surface area contributed by atoms with Gasteiger partial charge in [0.15, 0.2) is 0 Å². The molecule has 0 saturated carbocycles. The minimum Gasteiger partial charge on any atom is -0.455 e. The molecule has 1 heteroatoms. The zero-order chi connectivity index (χ0) is 39.3. The van der Waals surface area contributed by atoms with Crippen molar-refractivity contribution in [3.63, 3.8) is 0 Å². The first kappa shape index (κ1) is 20.7. The van der Waals surface area contributed by atoms with Gasteiger partial charge in [0.25, 0.3) is 0 Å². The topological polar surface area (TPSA) is 13.1 Å². The van der Waals surface area contributed by atoms with Gasteiger partial charge in [-0.2, -0.15) is 0 Å². The maximum Gasteiger partial charge on any atom is 0.143 e. The molecule has 10 aromatic rings. The molecule has 0 aliphatic heterocycles. The summed E-state index contributed by atoms with van der Waals surface area (Å²) in [6.07, 6.45) is 0. The van der Waals surface area contributed by atoms with Gasteiger partial charge >= 0.3 is 0 Å². The summed E-state index contributed by atoms with van der Waals surface area (Å²) in [6.45, 7) is 0. The first-order valence-corrected chi connectivity index (χ1v) is 16.2. The second-order valence-electron chi connectivity index (χ2n) is 12.2. The maximum atomic E-state index is 9.59. The van der Waals surface area contributed by atoms with Crippen molar-refractivity contribution in [2.24, 2.45) is 0 Å². The quantitative estimate of drug-likeness (QED) is 0.139. The van der Waals surface area contributed by atoms with Crippen molar-refractivity contribution in [2.75, 3.05) is 0 Å². The number of rotatable bonds is 4. The summed E-state index contributed by atoms with van der Waals surface area (Å²) in [7, 11) is 0. The Hall–Kier alpha value is -6.44. The number of hydrogen-bond donors (Lipinski definition) is 0. The lowest BCUT2D eigenvalue weighted by molar-refractivity contribution is 0.634. The van der Waals surface area contributed by atoms with Crippen molar-refractivity contribution >= 4 is 54.1 Å². The van der Waals surface area contributed by atoms with Gasteiger partial charge in [-0.05, 0) is 59.8 Å². The molecule has 0 fully saturated rings. The second kappa shape index (κ2) is 11.1. The largest absolute Gasteiger partial charge is 0.455 e. The zero-order valence-electron chi connectivity index (χ0n) is 34.1. The first-order valence-electron chi connectivity index (χ1n) is 20.2. The molecule has 0 saturated heterocycles. The molecule has 0 unspecified atom stereocenters. The molecule has 228 valence electrons. The number of para-hydroxylation sites is 1. The Balaban J connectivity index is 1.51. The van der Waals surface area contributed by atoms with E-state index >= 15 is 0 Å². The third-order valence-electron chi connectivity index (χ3n) is 9.52. The van der Waals surface area contributed by atoms with Crippen molar-refractivity contribution in [1.29, 1.82) is 0 Å². The second-order valence-corrected chi connectivity index (χ2v) is 12.2. The van der Waals surface area contributed by atoms with E-state index < -0.39 is 24.2 Å².